The number of piperazine rings is 1. The smallest absolute Gasteiger partial charge is 0.274 e. The number of nitro groups is 1. The molecule has 2 aliphatic rings. The van der Waals surface area contributed by atoms with Crippen molar-refractivity contribution in [3.05, 3.63) is 39.9 Å². The van der Waals surface area contributed by atoms with Crippen LogP contribution in [0.15, 0.2) is 29.3 Å². The monoisotopic (exact) mass is 402 g/mol. The fourth-order valence-corrected chi connectivity index (χ4v) is 4.02. The lowest BCUT2D eigenvalue weighted by atomic mass is 10.2. The lowest BCUT2D eigenvalue weighted by Gasteiger charge is -2.39. The van der Waals surface area contributed by atoms with Gasteiger partial charge in [-0.25, -0.2) is 0 Å². The van der Waals surface area contributed by atoms with Crippen molar-refractivity contribution >= 4 is 17.6 Å². The molecule has 1 N–H and O–H groups in total. The Balaban J connectivity index is 1.52. The Kier molecular flexibility index (Phi) is 7.03. The second kappa shape index (κ2) is 9.69. The average molecular weight is 402 g/mol. The Morgan fingerprint density at radius 2 is 1.79 bits per heavy atom. The molecule has 0 radical (unpaired) electrons. The number of likely N-dealkylation sites (tertiary alicyclic amines) is 1. The Hall–Kier alpha value is -2.68. The van der Waals surface area contributed by atoms with Gasteiger partial charge in [-0.2, -0.15) is 0 Å². The Morgan fingerprint density at radius 1 is 1.14 bits per heavy atom. The molecule has 1 aromatic rings. The van der Waals surface area contributed by atoms with Gasteiger partial charge in [0.1, 0.15) is 0 Å². The summed E-state index contributed by atoms with van der Waals surface area (Å²) in [5.41, 5.74) is 0.733. The van der Waals surface area contributed by atoms with Gasteiger partial charge < -0.3 is 15.1 Å². The van der Waals surface area contributed by atoms with Gasteiger partial charge in [0, 0.05) is 64.5 Å². The highest BCUT2D eigenvalue weighted by atomic mass is 16.6. The van der Waals surface area contributed by atoms with Crippen LogP contribution in [0.3, 0.4) is 0 Å². The average Bonchev–Trinajstić information content (AvgIpc) is 3.28. The van der Waals surface area contributed by atoms with Crippen LogP contribution in [0.25, 0.3) is 0 Å². The zero-order valence-electron chi connectivity index (χ0n) is 17.2. The molecule has 29 heavy (non-hydrogen) atoms. The highest BCUT2D eigenvalue weighted by molar-refractivity contribution is 5.82. The predicted molar refractivity (Wildman–Crippen MR) is 112 cm³/mol. The van der Waals surface area contributed by atoms with Gasteiger partial charge in [0.25, 0.3) is 5.69 Å². The lowest BCUT2D eigenvalue weighted by Crippen LogP contribution is -2.57. The van der Waals surface area contributed by atoms with Crippen molar-refractivity contribution in [2.75, 3.05) is 46.3 Å². The minimum absolute atomic E-state index is 0.0998. The second-order valence-corrected chi connectivity index (χ2v) is 7.52. The molecule has 3 rings (SSSR count). The predicted octanol–water partition coefficient (Wildman–Crippen LogP) is 1.30. The van der Waals surface area contributed by atoms with Crippen LogP contribution in [-0.2, 0) is 11.3 Å². The molecule has 2 fully saturated rings. The maximum absolute atomic E-state index is 12.6. The number of para-hydroxylation sites is 1. The summed E-state index contributed by atoms with van der Waals surface area (Å²) in [7, 11) is 1.72. The third-order valence-corrected chi connectivity index (χ3v) is 5.77. The van der Waals surface area contributed by atoms with E-state index in [1.807, 2.05) is 11.8 Å². The van der Waals surface area contributed by atoms with Crippen molar-refractivity contribution < 1.29 is 9.72 Å². The van der Waals surface area contributed by atoms with E-state index < -0.39 is 0 Å². The third-order valence-electron chi connectivity index (χ3n) is 5.77. The molecule has 9 heteroatoms. The molecular weight excluding hydrogens is 372 g/mol. The molecule has 2 aliphatic heterocycles. The Morgan fingerprint density at radius 3 is 2.41 bits per heavy atom. The molecule has 1 atom stereocenters. The summed E-state index contributed by atoms with van der Waals surface area (Å²) in [5, 5.41) is 14.4. The van der Waals surface area contributed by atoms with E-state index in [0.29, 0.717) is 12.1 Å². The Bertz CT molecular complexity index is 754. The lowest BCUT2D eigenvalue weighted by molar-refractivity contribution is -0.385. The maximum Gasteiger partial charge on any atom is 0.274 e. The number of hydrogen-bond acceptors (Lipinski definition) is 5. The number of nitrogens with one attached hydrogen (secondary N) is 1. The van der Waals surface area contributed by atoms with Crippen LogP contribution in [0.1, 0.15) is 25.3 Å². The zero-order chi connectivity index (χ0) is 20.8. The maximum atomic E-state index is 12.6. The van der Waals surface area contributed by atoms with Crippen molar-refractivity contribution in [3.63, 3.8) is 0 Å². The number of nitro benzene ring substituents is 1. The topological polar surface area (TPSA) is 94.3 Å². The molecule has 1 aromatic carbocycles. The van der Waals surface area contributed by atoms with E-state index in [9.17, 15) is 14.9 Å². The molecule has 9 nitrogen and oxygen atoms in total. The first-order valence-corrected chi connectivity index (χ1v) is 10.2. The molecule has 0 aliphatic carbocycles. The van der Waals surface area contributed by atoms with Crippen molar-refractivity contribution in [1.29, 1.82) is 0 Å². The third kappa shape index (κ3) is 5.03. The van der Waals surface area contributed by atoms with Crippen molar-refractivity contribution in [3.8, 4) is 0 Å². The van der Waals surface area contributed by atoms with Gasteiger partial charge in [-0.1, -0.05) is 18.2 Å². The van der Waals surface area contributed by atoms with E-state index in [4.69, 9.17) is 0 Å². The number of benzene rings is 1. The van der Waals surface area contributed by atoms with Crippen LogP contribution < -0.4 is 5.32 Å². The standard InChI is InChI=1S/C20H30N6O3/c1-16(19(27)24-9-5-6-10-24)23-11-13-25(14-12-23)20(21-2)22-15-17-7-3-4-8-18(17)26(28)29/h3-4,7-8,16H,5-6,9-15H2,1-2H3,(H,21,22). The van der Waals surface area contributed by atoms with Gasteiger partial charge in [0.15, 0.2) is 5.96 Å². The van der Waals surface area contributed by atoms with Gasteiger partial charge in [-0.05, 0) is 19.8 Å². The van der Waals surface area contributed by atoms with E-state index in [0.717, 1.165) is 58.1 Å². The second-order valence-electron chi connectivity index (χ2n) is 7.52. The fourth-order valence-electron chi connectivity index (χ4n) is 4.02. The summed E-state index contributed by atoms with van der Waals surface area (Å²) in [6.07, 6.45) is 2.21. The van der Waals surface area contributed by atoms with E-state index in [1.165, 1.54) is 6.07 Å². The largest absolute Gasteiger partial charge is 0.352 e. The Labute approximate surface area is 171 Å². The molecule has 0 bridgehead atoms. The number of rotatable bonds is 5. The fraction of sp³-hybridized carbons (Fsp3) is 0.600. The zero-order valence-corrected chi connectivity index (χ0v) is 17.2. The van der Waals surface area contributed by atoms with Crippen LogP contribution >= 0.6 is 0 Å². The summed E-state index contributed by atoms with van der Waals surface area (Å²) in [6.45, 7) is 7.19. The van der Waals surface area contributed by atoms with Crippen LogP contribution in [0, 0.1) is 10.1 Å². The van der Waals surface area contributed by atoms with E-state index in [2.05, 4.69) is 20.1 Å². The minimum Gasteiger partial charge on any atom is -0.352 e. The first-order valence-electron chi connectivity index (χ1n) is 10.2. The van der Waals surface area contributed by atoms with E-state index in [1.54, 1.807) is 25.2 Å². The number of hydrogen-bond donors (Lipinski definition) is 1. The van der Waals surface area contributed by atoms with Crippen LogP contribution in [-0.4, -0.2) is 83.8 Å². The van der Waals surface area contributed by atoms with Gasteiger partial charge in [0.05, 0.1) is 11.0 Å². The van der Waals surface area contributed by atoms with Gasteiger partial charge in [-0.3, -0.25) is 24.8 Å². The number of guanidine groups is 1. The number of amides is 1. The summed E-state index contributed by atoms with van der Waals surface area (Å²) in [4.78, 5) is 34.1. The molecule has 0 aromatic heterocycles. The first-order chi connectivity index (χ1) is 14.0. The highest BCUT2D eigenvalue weighted by Gasteiger charge is 2.30. The first kappa shape index (κ1) is 21.0. The van der Waals surface area contributed by atoms with Crippen molar-refractivity contribution in [1.82, 2.24) is 20.0 Å². The SMILES string of the molecule is CN=C(NCc1ccccc1[N+](=O)[O-])N1CCN(C(C)C(=O)N2CCCC2)CC1. The van der Waals surface area contributed by atoms with Gasteiger partial charge in [0.2, 0.25) is 5.91 Å². The van der Waals surface area contributed by atoms with E-state index >= 15 is 0 Å². The van der Waals surface area contributed by atoms with Crippen molar-refractivity contribution in [2.45, 2.75) is 32.4 Å². The molecule has 0 saturated carbocycles. The number of aliphatic imine (C=N–C) groups is 1. The molecular formula is C20H30N6O3. The highest BCUT2D eigenvalue weighted by Crippen LogP contribution is 2.18. The van der Waals surface area contributed by atoms with Crippen LogP contribution in [0.2, 0.25) is 0 Å². The number of nitrogens with zero attached hydrogens (tertiary/aromatic N) is 5. The summed E-state index contributed by atoms with van der Waals surface area (Å²) in [6, 6.07) is 6.63. The normalized spacial score (nSPS) is 19.3. The molecule has 158 valence electrons. The van der Waals surface area contributed by atoms with Gasteiger partial charge in [-0.15, -0.1) is 0 Å². The van der Waals surface area contributed by atoms with Crippen LogP contribution in [0.5, 0.6) is 0 Å². The quantitative estimate of drug-likeness (QED) is 0.345. The summed E-state index contributed by atoms with van der Waals surface area (Å²) >= 11 is 0. The van der Waals surface area contributed by atoms with Crippen molar-refractivity contribution in [2.24, 2.45) is 4.99 Å². The molecule has 2 heterocycles. The van der Waals surface area contributed by atoms with E-state index in [-0.39, 0.29) is 22.6 Å². The molecule has 0 spiro atoms. The molecule has 2 saturated heterocycles. The summed E-state index contributed by atoms with van der Waals surface area (Å²) < 4.78 is 0. The van der Waals surface area contributed by atoms with Crippen LogP contribution in [0.4, 0.5) is 5.69 Å². The number of carbonyl (C=O) groups is 1. The van der Waals surface area contributed by atoms with Gasteiger partial charge >= 0.3 is 0 Å². The minimum atomic E-state index is -0.364. The number of carbonyl (C=O) groups excluding carboxylic acids is 1. The molecule has 1 amide bonds. The summed E-state index contributed by atoms with van der Waals surface area (Å²) in [5.74, 6) is 0.955. The molecule has 1 unspecified atom stereocenters.